The lowest BCUT2D eigenvalue weighted by molar-refractivity contribution is -0.757. The maximum Gasteiger partial charge on any atom is 0.328 e. The highest BCUT2D eigenvalue weighted by molar-refractivity contribution is 5.89. The Bertz CT molecular complexity index is 442. The molecule has 0 aromatic rings. The van der Waals surface area contributed by atoms with Crippen LogP contribution in [0.5, 0.6) is 0 Å². The number of hydrogen-bond donors (Lipinski definition) is 3. The van der Waals surface area contributed by atoms with Crippen LogP contribution in [0, 0.1) is 10.1 Å². The molecule has 11 heteroatoms. The van der Waals surface area contributed by atoms with Crippen LogP contribution < -0.4 is 5.32 Å². The summed E-state index contributed by atoms with van der Waals surface area (Å²) in [6, 6.07) is -0.171. The molecule has 1 aliphatic rings. The molecule has 1 fully saturated rings. The summed E-state index contributed by atoms with van der Waals surface area (Å²) in [6.45, 7) is 1.20. The van der Waals surface area contributed by atoms with Gasteiger partial charge in [-0.05, 0) is 32.2 Å². The van der Waals surface area contributed by atoms with Gasteiger partial charge in [-0.1, -0.05) is 0 Å². The van der Waals surface area contributed by atoms with E-state index in [1.807, 2.05) is 0 Å². The van der Waals surface area contributed by atoms with E-state index in [1.54, 1.807) is 0 Å². The van der Waals surface area contributed by atoms with Crippen LogP contribution in [-0.4, -0.2) is 59.0 Å². The molecule has 0 spiro atoms. The van der Waals surface area contributed by atoms with Crippen LogP contribution in [0.25, 0.3) is 0 Å². The van der Waals surface area contributed by atoms with Crippen molar-refractivity contribution in [2.75, 3.05) is 19.8 Å². The summed E-state index contributed by atoms with van der Waals surface area (Å²) in [5.41, 5.74) is 0. The molecular weight excluding hydrogens is 328 g/mol. The summed E-state index contributed by atoms with van der Waals surface area (Å²) < 4.78 is 5.01. The van der Waals surface area contributed by atoms with Gasteiger partial charge >= 0.3 is 17.9 Å². The van der Waals surface area contributed by atoms with Gasteiger partial charge in [-0.3, -0.25) is 4.79 Å². The number of nitrogens with one attached hydrogen (secondary N) is 1. The third-order valence-corrected chi connectivity index (χ3v) is 2.69. The maximum absolute atomic E-state index is 11.4. The average molecular weight is 348 g/mol. The van der Waals surface area contributed by atoms with Crippen molar-refractivity contribution >= 4 is 17.9 Å². The van der Waals surface area contributed by atoms with E-state index in [0.29, 0.717) is 25.0 Å². The molecule has 1 saturated heterocycles. The van der Waals surface area contributed by atoms with Crippen molar-refractivity contribution in [3.63, 3.8) is 0 Å². The Hall–Kier alpha value is -2.69. The number of carboxylic acids is 2. The van der Waals surface area contributed by atoms with E-state index >= 15 is 0 Å². The Kier molecular flexibility index (Phi) is 11.4. The number of rotatable bonds is 9. The first kappa shape index (κ1) is 21.3. The first-order valence-corrected chi connectivity index (χ1v) is 7.14. The van der Waals surface area contributed by atoms with Gasteiger partial charge in [-0.2, -0.15) is 0 Å². The highest BCUT2D eigenvalue weighted by atomic mass is 16.9. The van der Waals surface area contributed by atoms with Crippen molar-refractivity contribution in [2.45, 2.75) is 31.7 Å². The zero-order chi connectivity index (χ0) is 18.4. The first-order chi connectivity index (χ1) is 11.3. The number of carbonyl (C=O) groups is 3. The molecule has 0 aliphatic carbocycles. The summed E-state index contributed by atoms with van der Waals surface area (Å²) in [6.07, 6.45) is 4.02. The monoisotopic (exact) mass is 348 g/mol. The van der Waals surface area contributed by atoms with Gasteiger partial charge in [0.1, 0.15) is 6.04 Å². The topological polar surface area (TPSA) is 165 Å². The van der Waals surface area contributed by atoms with E-state index in [0.717, 1.165) is 19.4 Å². The largest absolute Gasteiger partial charge is 0.478 e. The van der Waals surface area contributed by atoms with E-state index in [-0.39, 0.29) is 25.2 Å². The second-order valence-electron chi connectivity index (χ2n) is 4.59. The molecular formula is C13H20N2O9. The van der Waals surface area contributed by atoms with Gasteiger partial charge in [0.15, 0.2) is 0 Å². The summed E-state index contributed by atoms with van der Waals surface area (Å²) in [4.78, 5) is 44.4. The van der Waals surface area contributed by atoms with Crippen molar-refractivity contribution in [1.29, 1.82) is 0 Å². The molecule has 0 aromatic carbocycles. The molecule has 0 amide bonds. The van der Waals surface area contributed by atoms with Gasteiger partial charge in [0, 0.05) is 12.2 Å². The van der Waals surface area contributed by atoms with E-state index in [4.69, 9.17) is 14.9 Å². The lowest BCUT2D eigenvalue weighted by Gasteiger charge is -2.09. The van der Waals surface area contributed by atoms with Crippen LogP contribution in [0.4, 0.5) is 0 Å². The molecule has 0 saturated carbocycles. The molecule has 11 nitrogen and oxygen atoms in total. The molecule has 1 heterocycles. The fourth-order valence-corrected chi connectivity index (χ4v) is 1.64. The van der Waals surface area contributed by atoms with E-state index < -0.39 is 17.0 Å². The quantitative estimate of drug-likeness (QED) is 0.169. The molecule has 0 unspecified atom stereocenters. The molecule has 1 aliphatic heterocycles. The van der Waals surface area contributed by atoms with Gasteiger partial charge < -0.3 is 25.1 Å². The minimum Gasteiger partial charge on any atom is -0.478 e. The third-order valence-electron chi connectivity index (χ3n) is 2.69. The normalized spacial score (nSPS) is 16.1. The van der Waals surface area contributed by atoms with Crippen LogP contribution in [0.2, 0.25) is 0 Å². The van der Waals surface area contributed by atoms with Crippen molar-refractivity contribution in [1.82, 2.24) is 5.32 Å². The van der Waals surface area contributed by atoms with E-state index in [9.17, 15) is 24.5 Å². The number of aliphatic carboxylic acids is 2. The number of esters is 1. The molecule has 0 aromatic heterocycles. The van der Waals surface area contributed by atoms with Crippen LogP contribution in [0.15, 0.2) is 12.2 Å². The zero-order valence-electron chi connectivity index (χ0n) is 12.9. The fraction of sp³-hybridized carbons (Fsp3) is 0.615. The second kappa shape index (κ2) is 12.8. The minimum atomic E-state index is -1.26. The first-order valence-electron chi connectivity index (χ1n) is 7.14. The number of carbonyl (C=O) groups excluding carboxylic acids is 1. The van der Waals surface area contributed by atoms with Crippen molar-refractivity contribution in [3.05, 3.63) is 22.3 Å². The fourth-order valence-electron chi connectivity index (χ4n) is 1.64. The Balaban J connectivity index is 0.000000561. The molecule has 136 valence electrons. The Morgan fingerprint density at radius 2 is 1.75 bits per heavy atom. The van der Waals surface area contributed by atoms with Gasteiger partial charge in [0.2, 0.25) is 0 Å². The molecule has 1 atom stereocenters. The van der Waals surface area contributed by atoms with Crippen molar-refractivity contribution < 1.29 is 39.3 Å². The van der Waals surface area contributed by atoms with Crippen molar-refractivity contribution in [3.8, 4) is 0 Å². The molecule has 1 rings (SSSR count). The Labute approximate surface area is 137 Å². The number of nitrogens with zero attached hydrogens (tertiary/aromatic N) is 1. The number of carboxylic acid groups (broad SMARTS) is 2. The number of ether oxygens (including phenoxy) is 1. The molecule has 0 bridgehead atoms. The SMILES string of the molecule is O=C(O)/C=C\C(=O)O.O=C(OCCCCO[N+](=O)[O-])[C@@H]1CCCN1. The summed E-state index contributed by atoms with van der Waals surface area (Å²) in [7, 11) is 0. The second-order valence-corrected chi connectivity index (χ2v) is 4.59. The summed E-state index contributed by atoms with van der Waals surface area (Å²) in [5, 5.41) is 27.6. The molecule has 3 N–H and O–H groups in total. The van der Waals surface area contributed by atoms with Gasteiger partial charge in [-0.15, -0.1) is 10.1 Å². The predicted octanol–water partition coefficient (Wildman–Crippen LogP) is -0.0181. The number of hydrogen-bond acceptors (Lipinski definition) is 8. The minimum absolute atomic E-state index is 0.0478. The van der Waals surface area contributed by atoms with Crippen molar-refractivity contribution in [2.24, 2.45) is 0 Å². The lowest BCUT2D eigenvalue weighted by atomic mass is 10.2. The summed E-state index contributed by atoms with van der Waals surface area (Å²) in [5.74, 6) is -2.74. The number of unbranched alkanes of at least 4 members (excludes halogenated alkanes) is 1. The van der Waals surface area contributed by atoms with Crippen LogP contribution in [-0.2, 0) is 24.0 Å². The maximum atomic E-state index is 11.4. The Morgan fingerprint density at radius 3 is 2.21 bits per heavy atom. The average Bonchev–Trinajstić information content (AvgIpc) is 3.03. The van der Waals surface area contributed by atoms with E-state index in [2.05, 4.69) is 10.2 Å². The third kappa shape index (κ3) is 13.0. The van der Waals surface area contributed by atoms with Gasteiger partial charge in [0.05, 0.1) is 13.2 Å². The molecule has 24 heavy (non-hydrogen) atoms. The van der Waals surface area contributed by atoms with Gasteiger partial charge in [0.25, 0.3) is 5.09 Å². The predicted molar refractivity (Wildman–Crippen MR) is 78.6 cm³/mol. The smallest absolute Gasteiger partial charge is 0.328 e. The highest BCUT2D eigenvalue weighted by Crippen LogP contribution is 2.06. The van der Waals surface area contributed by atoms with Crippen LogP contribution >= 0.6 is 0 Å². The standard InChI is InChI=1S/C9H16N2O5.C4H4O4/c12-9(8-4-3-5-10-8)15-6-1-2-7-16-11(13)14;5-3(6)1-2-4(7)8/h8,10H,1-7H2;1-2H,(H,5,6)(H,7,8)/b;2-1-/t8-;/m0./s1. The highest BCUT2D eigenvalue weighted by Gasteiger charge is 2.22. The van der Waals surface area contributed by atoms with Gasteiger partial charge in [-0.25, -0.2) is 9.59 Å². The molecule has 0 radical (unpaired) electrons. The Morgan fingerprint density at radius 1 is 1.17 bits per heavy atom. The van der Waals surface area contributed by atoms with Crippen LogP contribution in [0.1, 0.15) is 25.7 Å². The van der Waals surface area contributed by atoms with Crippen LogP contribution in [0.3, 0.4) is 0 Å². The van der Waals surface area contributed by atoms with E-state index in [1.165, 1.54) is 0 Å². The zero-order valence-corrected chi connectivity index (χ0v) is 12.9. The summed E-state index contributed by atoms with van der Waals surface area (Å²) >= 11 is 0. The lowest BCUT2D eigenvalue weighted by Crippen LogP contribution is -2.32.